The summed E-state index contributed by atoms with van der Waals surface area (Å²) in [7, 11) is -3.84. The molecule has 8 heteroatoms. The molecule has 2 rings (SSSR count). The fourth-order valence-electron chi connectivity index (χ4n) is 1.90. The van der Waals surface area contributed by atoms with E-state index in [2.05, 4.69) is 26.0 Å². The lowest BCUT2D eigenvalue weighted by Gasteiger charge is -2.15. The highest BCUT2D eigenvalue weighted by molar-refractivity contribution is 9.10. The zero-order valence-corrected chi connectivity index (χ0v) is 15.4. The first-order valence-electron chi connectivity index (χ1n) is 7.04. The minimum atomic E-state index is -3.84. The SMILES string of the molecule is Cc1ccc(S(=O)(=O)N[C@@H](C)C(=O)Nc2ccc(Br)cc2F)cc1. The summed E-state index contributed by atoms with van der Waals surface area (Å²) in [6.07, 6.45) is 0. The first-order valence-corrected chi connectivity index (χ1v) is 9.31. The van der Waals surface area contributed by atoms with Crippen molar-refractivity contribution < 1.29 is 17.6 Å². The molecule has 1 amide bonds. The average Bonchev–Trinajstić information content (AvgIpc) is 2.50. The molecule has 0 radical (unpaired) electrons. The van der Waals surface area contributed by atoms with Gasteiger partial charge in [0.05, 0.1) is 16.6 Å². The van der Waals surface area contributed by atoms with E-state index in [1.54, 1.807) is 18.2 Å². The third kappa shape index (κ3) is 4.62. The van der Waals surface area contributed by atoms with Crippen LogP contribution >= 0.6 is 15.9 Å². The van der Waals surface area contributed by atoms with Gasteiger partial charge in [0, 0.05) is 4.47 Å². The maximum atomic E-state index is 13.7. The first-order chi connectivity index (χ1) is 11.2. The van der Waals surface area contributed by atoms with Crippen LogP contribution in [-0.2, 0) is 14.8 Å². The molecular weight excluding hydrogens is 399 g/mol. The monoisotopic (exact) mass is 414 g/mol. The van der Waals surface area contributed by atoms with Crippen LogP contribution in [0.1, 0.15) is 12.5 Å². The quantitative estimate of drug-likeness (QED) is 0.788. The maximum absolute atomic E-state index is 13.7. The molecule has 5 nitrogen and oxygen atoms in total. The highest BCUT2D eigenvalue weighted by Gasteiger charge is 2.22. The van der Waals surface area contributed by atoms with Crippen LogP contribution in [0.15, 0.2) is 51.8 Å². The third-order valence-electron chi connectivity index (χ3n) is 3.25. The van der Waals surface area contributed by atoms with Crippen molar-refractivity contribution in [3.8, 4) is 0 Å². The molecular formula is C16H16BrFN2O3S. The zero-order chi connectivity index (χ0) is 17.9. The Morgan fingerprint density at radius 2 is 1.79 bits per heavy atom. The molecule has 0 unspecified atom stereocenters. The van der Waals surface area contributed by atoms with Crippen LogP contribution in [0, 0.1) is 12.7 Å². The summed E-state index contributed by atoms with van der Waals surface area (Å²) in [5.41, 5.74) is 0.898. The van der Waals surface area contributed by atoms with Gasteiger partial charge in [-0.25, -0.2) is 12.8 Å². The molecule has 128 valence electrons. The molecule has 0 spiro atoms. The van der Waals surface area contributed by atoms with Crippen LogP contribution < -0.4 is 10.0 Å². The van der Waals surface area contributed by atoms with Crippen LogP contribution in [-0.4, -0.2) is 20.4 Å². The summed E-state index contributed by atoms with van der Waals surface area (Å²) in [5, 5.41) is 2.36. The number of anilines is 1. The van der Waals surface area contributed by atoms with Crippen molar-refractivity contribution >= 4 is 37.5 Å². The van der Waals surface area contributed by atoms with Crippen molar-refractivity contribution in [1.29, 1.82) is 0 Å². The zero-order valence-electron chi connectivity index (χ0n) is 13.0. The molecule has 0 aromatic heterocycles. The molecule has 0 aliphatic heterocycles. The molecule has 0 heterocycles. The second-order valence-corrected chi connectivity index (χ2v) is 7.90. The summed E-state index contributed by atoms with van der Waals surface area (Å²) in [6, 6.07) is 9.33. The van der Waals surface area contributed by atoms with Crippen LogP contribution in [0.4, 0.5) is 10.1 Å². The van der Waals surface area contributed by atoms with Gasteiger partial charge in [-0.1, -0.05) is 33.6 Å². The number of amides is 1. The minimum Gasteiger partial charge on any atom is -0.322 e. The van der Waals surface area contributed by atoms with E-state index in [0.29, 0.717) is 4.47 Å². The van der Waals surface area contributed by atoms with Gasteiger partial charge in [-0.05, 0) is 44.2 Å². The van der Waals surface area contributed by atoms with Crippen LogP contribution in [0.3, 0.4) is 0 Å². The third-order valence-corrected chi connectivity index (χ3v) is 5.30. The lowest BCUT2D eigenvalue weighted by molar-refractivity contribution is -0.117. The Labute approximate surface area is 148 Å². The van der Waals surface area contributed by atoms with E-state index >= 15 is 0 Å². The van der Waals surface area contributed by atoms with Crippen LogP contribution in [0.25, 0.3) is 0 Å². The summed E-state index contributed by atoms with van der Waals surface area (Å²) < 4.78 is 41.0. The number of hydrogen-bond acceptors (Lipinski definition) is 3. The van der Waals surface area contributed by atoms with Gasteiger partial charge < -0.3 is 5.32 Å². The molecule has 0 aliphatic carbocycles. The Kier molecular flexibility index (Phi) is 5.74. The van der Waals surface area contributed by atoms with Gasteiger partial charge in [0.25, 0.3) is 0 Å². The van der Waals surface area contributed by atoms with Gasteiger partial charge in [-0.3, -0.25) is 4.79 Å². The van der Waals surface area contributed by atoms with Crippen molar-refractivity contribution in [3.05, 3.63) is 58.3 Å². The number of aryl methyl sites for hydroxylation is 1. The normalized spacial score (nSPS) is 12.7. The van der Waals surface area contributed by atoms with Gasteiger partial charge in [-0.2, -0.15) is 4.72 Å². The standard InChI is InChI=1S/C16H16BrFN2O3S/c1-10-3-6-13(7-4-10)24(22,23)20-11(2)16(21)19-15-8-5-12(17)9-14(15)18/h3-9,11,20H,1-2H3,(H,19,21)/t11-/m0/s1. The average molecular weight is 415 g/mol. The molecule has 24 heavy (non-hydrogen) atoms. The van der Waals surface area contributed by atoms with Gasteiger partial charge in [0.1, 0.15) is 5.82 Å². The summed E-state index contributed by atoms with van der Waals surface area (Å²) >= 11 is 3.12. The lowest BCUT2D eigenvalue weighted by atomic mass is 10.2. The Bertz CT molecular complexity index is 854. The Hall–Kier alpha value is -1.77. The van der Waals surface area contributed by atoms with Gasteiger partial charge in [0.15, 0.2) is 0 Å². The van der Waals surface area contributed by atoms with Crippen molar-refractivity contribution in [2.24, 2.45) is 0 Å². The highest BCUT2D eigenvalue weighted by Crippen LogP contribution is 2.19. The number of carbonyl (C=O) groups excluding carboxylic acids is 1. The first kappa shape index (κ1) is 18.6. The van der Waals surface area contributed by atoms with Crippen molar-refractivity contribution in [3.63, 3.8) is 0 Å². The minimum absolute atomic E-state index is 0.0235. The number of sulfonamides is 1. The molecule has 2 N–H and O–H groups in total. The lowest BCUT2D eigenvalue weighted by Crippen LogP contribution is -2.41. The number of halogens is 2. The maximum Gasteiger partial charge on any atom is 0.242 e. The summed E-state index contributed by atoms with van der Waals surface area (Å²) in [5.74, 6) is -1.28. The molecule has 0 fully saturated rings. The molecule has 0 bridgehead atoms. The molecule has 2 aromatic rings. The summed E-state index contributed by atoms with van der Waals surface area (Å²) in [6.45, 7) is 3.23. The molecule has 2 aromatic carbocycles. The largest absolute Gasteiger partial charge is 0.322 e. The van der Waals surface area contributed by atoms with E-state index in [-0.39, 0.29) is 10.6 Å². The molecule has 0 saturated heterocycles. The fraction of sp³-hybridized carbons (Fsp3) is 0.188. The second kappa shape index (κ2) is 7.42. The van der Waals surface area contributed by atoms with E-state index in [4.69, 9.17) is 0 Å². The summed E-state index contributed by atoms with van der Waals surface area (Å²) in [4.78, 5) is 12.2. The Morgan fingerprint density at radius 1 is 1.17 bits per heavy atom. The number of rotatable bonds is 5. The molecule has 0 aliphatic rings. The van der Waals surface area contributed by atoms with Crippen molar-refractivity contribution in [2.75, 3.05) is 5.32 Å². The predicted octanol–water partition coefficient (Wildman–Crippen LogP) is 3.20. The van der Waals surface area contributed by atoms with Crippen LogP contribution in [0.2, 0.25) is 0 Å². The van der Waals surface area contributed by atoms with E-state index in [1.807, 2.05) is 6.92 Å². The highest BCUT2D eigenvalue weighted by atomic mass is 79.9. The molecule has 1 atom stereocenters. The van der Waals surface area contributed by atoms with Crippen LogP contribution in [0.5, 0.6) is 0 Å². The second-order valence-electron chi connectivity index (χ2n) is 5.27. The van der Waals surface area contributed by atoms with Gasteiger partial charge >= 0.3 is 0 Å². The van der Waals surface area contributed by atoms with Crippen molar-refractivity contribution in [1.82, 2.24) is 4.72 Å². The number of benzene rings is 2. The van der Waals surface area contributed by atoms with E-state index in [1.165, 1.54) is 31.2 Å². The van der Waals surface area contributed by atoms with E-state index in [9.17, 15) is 17.6 Å². The number of carbonyl (C=O) groups is 1. The van der Waals surface area contributed by atoms with Gasteiger partial charge in [0.2, 0.25) is 15.9 Å². The number of hydrogen-bond donors (Lipinski definition) is 2. The number of nitrogens with one attached hydrogen (secondary N) is 2. The topological polar surface area (TPSA) is 75.3 Å². The predicted molar refractivity (Wildman–Crippen MR) is 93.7 cm³/mol. The van der Waals surface area contributed by atoms with E-state index in [0.717, 1.165) is 5.56 Å². The Balaban J connectivity index is 2.09. The Morgan fingerprint density at radius 3 is 2.38 bits per heavy atom. The van der Waals surface area contributed by atoms with E-state index < -0.39 is 27.8 Å². The fourth-order valence-corrected chi connectivity index (χ4v) is 3.44. The smallest absolute Gasteiger partial charge is 0.242 e. The van der Waals surface area contributed by atoms with Crippen molar-refractivity contribution in [2.45, 2.75) is 24.8 Å². The molecule has 0 saturated carbocycles. The van der Waals surface area contributed by atoms with Gasteiger partial charge in [-0.15, -0.1) is 0 Å².